The van der Waals surface area contributed by atoms with E-state index in [9.17, 15) is 14.4 Å². The van der Waals surface area contributed by atoms with Gasteiger partial charge < -0.3 is 13.9 Å². The SMILES string of the molecule is CCCCOC(=O)c1cc(=O)oc(C)c1C(=O)OC(C)C. The molecule has 0 saturated carbocycles. The van der Waals surface area contributed by atoms with Crippen LogP contribution >= 0.6 is 0 Å². The summed E-state index contributed by atoms with van der Waals surface area (Å²) in [6, 6.07) is 0.957. The highest BCUT2D eigenvalue weighted by molar-refractivity contribution is 6.03. The van der Waals surface area contributed by atoms with Crippen molar-refractivity contribution in [3.05, 3.63) is 33.4 Å². The summed E-state index contributed by atoms with van der Waals surface area (Å²) in [5.74, 6) is -1.40. The van der Waals surface area contributed by atoms with Crippen LogP contribution < -0.4 is 5.63 Å². The Labute approximate surface area is 123 Å². The third-order valence-corrected chi connectivity index (χ3v) is 2.64. The molecule has 1 rings (SSSR count). The number of rotatable bonds is 6. The number of ether oxygens (including phenoxy) is 2. The number of hydrogen-bond donors (Lipinski definition) is 0. The van der Waals surface area contributed by atoms with Crippen molar-refractivity contribution >= 4 is 11.9 Å². The van der Waals surface area contributed by atoms with Crippen LogP contribution in [0.4, 0.5) is 0 Å². The van der Waals surface area contributed by atoms with Gasteiger partial charge in [0.2, 0.25) is 0 Å². The van der Waals surface area contributed by atoms with Crippen LogP contribution in [0.5, 0.6) is 0 Å². The maximum atomic E-state index is 12.1. The van der Waals surface area contributed by atoms with E-state index in [2.05, 4.69) is 0 Å². The van der Waals surface area contributed by atoms with E-state index in [0.29, 0.717) is 6.42 Å². The Morgan fingerprint density at radius 2 is 1.95 bits per heavy atom. The third kappa shape index (κ3) is 4.73. The summed E-state index contributed by atoms with van der Waals surface area (Å²) in [5, 5.41) is 0. The minimum Gasteiger partial charge on any atom is -0.462 e. The van der Waals surface area contributed by atoms with Crippen molar-refractivity contribution < 1.29 is 23.5 Å². The molecule has 0 amide bonds. The van der Waals surface area contributed by atoms with E-state index >= 15 is 0 Å². The van der Waals surface area contributed by atoms with E-state index in [1.165, 1.54) is 6.92 Å². The van der Waals surface area contributed by atoms with Crippen molar-refractivity contribution in [3.8, 4) is 0 Å². The van der Waals surface area contributed by atoms with Gasteiger partial charge in [-0.3, -0.25) is 0 Å². The summed E-state index contributed by atoms with van der Waals surface area (Å²) < 4.78 is 15.0. The van der Waals surface area contributed by atoms with Gasteiger partial charge in [0.25, 0.3) is 0 Å². The predicted molar refractivity (Wildman–Crippen MR) is 75.5 cm³/mol. The molecule has 0 bridgehead atoms. The third-order valence-electron chi connectivity index (χ3n) is 2.64. The molecular weight excluding hydrogens is 276 g/mol. The molecule has 0 radical (unpaired) electrons. The summed E-state index contributed by atoms with van der Waals surface area (Å²) in [5.41, 5.74) is -0.897. The molecule has 0 spiro atoms. The first-order valence-electron chi connectivity index (χ1n) is 6.89. The second-order valence-electron chi connectivity index (χ2n) is 4.85. The molecule has 0 aromatic carbocycles. The molecule has 0 aliphatic rings. The molecular formula is C15H20O6. The van der Waals surface area contributed by atoms with Gasteiger partial charge in [0, 0.05) is 6.07 Å². The highest BCUT2D eigenvalue weighted by atomic mass is 16.5. The zero-order valence-corrected chi connectivity index (χ0v) is 12.7. The molecule has 0 aliphatic heterocycles. The monoisotopic (exact) mass is 296 g/mol. The Kier molecular flexibility index (Phi) is 6.14. The summed E-state index contributed by atoms with van der Waals surface area (Å²) in [6.45, 7) is 6.99. The molecule has 21 heavy (non-hydrogen) atoms. The highest BCUT2D eigenvalue weighted by Gasteiger charge is 2.25. The van der Waals surface area contributed by atoms with Crippen LogP contribution in [0, 0.1) is 6.92 Å². The minimum absolute atomic E-state index is 0.0376. The molecule has 0 saturated heterocycles. The summed E-state index contributed by atoms with van der Waals surface area (Å²) in [6.07, 6.45) is 1.22. The Morgan fingerprint density at radius 1 is 1.29 bits per heavy atom. The first-order chi connectivity index (χ1) is 9.86. The number of carbonyl (C=O) groups excluding carboxylic acids is 2. The molecule has 0 atom stereocenters. The van der Waals surface area contributed by atoms with Crippen molar-refractivity contribution in [2.45, 2.75) is 46.6 Å². The molecule has 1 aromatic heterocycles. The quantitative estimate of drug-likeness (QED) is 0.592. The number of unbranched alkanes of at least 4 members (excludes halogenated alkanes) is 1. The van der Waals surface area contributed by atoms with Crippen molar-refractivity contribution in [1.82, 2.24) is 0 Å². The Hall–Kier alpha value is -2.11. The molecule has 1 aromatic rings. The van der Waals surface area contributed by atoms with E-state index < -0.39 is 17.6 Å². The maximum absolute atomic E-state index is 12.1. The highest BCUT2D eigenvalue weighted by Crippen LogP contribution is 2.16. The van der Waals surface area contributed by atoms with Crippen LogP contribution in [0.2, 0.25) is 0 Å². The minimum atomic E-state index is -0.727. The molecule has 6 nitrogen and oxygen atoms in total. The van der Waals surface area contributed by atoms with Gasteiger partial charge in [-0.1, -0.05) is 13.3 Å². The second-order valence-corrected chi connectivity index (χ2v) is 4.85. The lowest BCUT2D eigenvalue weighted by Gasteiger charge is -2.12. The lowest BCUT2D eigenvalue weighted by atomic mass is 10.1. The lowest BCUT2D eigenvalue weighted by molar-refractivity contribution is 0.0355. The van der Waals surface area contributed by atoms with Crippen molar-refractivity contribution in [3.63, 3.8) is 0 Å². The van der Waals surface area contributed by atoms with Gasteiger partial charge >= 0.3 is 17.6 Å². The van der Waals surface area contributed by atoms with Gasteiger partial charge in [-0.05, 0) is 27.2 Å². The number of hydrogen-bond acceptors (Lipinski definition) is 6. The number of carbonyl (C=O) groups is 2. The van der Waals surface area contributed by atoms with E-state index in [1.54, 1.807) is 13.8 Å². The van der Waals surface area contributed by atoms with E-state index in [4.69, 9.17) is 13.9 Å². The largest absolute Gasteiger partial charge is 0.462 e. The van der Waals surface area contributed by atoms with Gasteiger partial charge in [0.15, 0.2) is 0 Å². The van der Waals surface area contributed by atoms with Gasteiger partial charge in [-0.2, -0.15) is 0 Å². The zero-order valence-electron chi connectivity index (χ0n) is 12.7. The fourth-order valence-electron chi connectivity index (χ4n) is 1.69. The smallest absolute Gasteiger partial charge is 0.342 e. The van der Waals surface area contributed by atoms with Crippen molar-refractivity contribution in [2.75, 3.05) is 6.61 Å². The molecule has 1 heterocycles. The van der Waals surface area contributed by atoms with Gasteiger partial charge in [-0.25, -0.2) is 14.4 Å². The standard InChI is InChI=1S/C15H20O6/c1-5-6-7-19-14(17)11-8-12(16)21-10(4)13(11)15(18)20-9(2)3/h8-9H,5-7H2,1-4H3. The lowest BCUT2D eigenvalue weighted by Crippen LogP contribution is -2.21. The molecule has 0 fully saturated rings. The van der Waals surface area contributed by atoms with Crippen LogP contribution in [0.25, 0.3) is 0 Å². The van der Waals surface area contributed by atoms with E-state index in [1.807, 2.05) is 6.92 Å². The summed E-state index contributed by atoms with van der Waals surface area (Å²) in [7, 11) is 0. The van der Waals surface area contributed by atoms with Crippen LogP contribution in [0.1, 0.15) is 60.1 Å². The molecule has 0 aliphatic carbocycles. The average Bonchev–Trinajstić information content (AvgIpc) is 2.36. The van der Waals surface area contributed by atoms with Gasteiger partial charge in [0.1, 0.15) is 11.3 Å². The van der Waals surface area contributed by atoms with E-state index in [0.717, 1.165) is 12.5 Å². The first-order valence-corrected chi connectivity index (χ1v) is 6.89. The van der Waals surface area contributed by atoms with Crippen LogP contribution in [-0.4, -0.2) is 24.6 Å². The number of aryl methyl sites for hydroxylation is 1. The van der Waals surface area contributed by atoms with Crippen LogP contribution in [-0.2, 0) is 9.47 Å². The molecule has 6 heteroatoms. The maximum Gasteiger partial charge on any atom is 0.342 e. The second kappa shape index (κ2) is 7.61. The van der Waals surface area contributed by atoms with Crippen molar-refractivity contribution in [1.29, 1.82) is 0 Å². The normalized spacial score (nSPS) is 10.5. The van der Waals surface area contributed by atoms with Crippen LogP contribution in [0.3, 0.4) is 0 Å². The molecule has 0 N–H and O–H groups in total. The zero-order chi connectivity index (χ0) is 16.0. The summed E-state index contributed by atoms with van der Waals surface area (Å²) in [4.78, 5) is 35.5. The Balaban J connectivity index is 3.14. The fourth-order valence-corrected chi connectivity index (χ4v) is 1.69. The first kappa shape index (κ1) is 16.9. The molecule has 0 unspecified atom stereocenters. The Morgan fingerprint density at radius 3 is 2.52 bits per heavy atom. The van der Waals surface area contributed by atoms with Gasteiger partial charge in [-0.15, -0.1) is 0 Å². The predicted octanol–water partition coefficient (Wildman–Crippen LogP) is 2.47. The molecule has 116 valence electrons. The van der Waals surface area contributed by atoms with E-state index in [-0.39, 0.29) is 29.6 Å². The van der Waals surface area contributed by atoms with Crippen molar-refractivity contribution in [2.24, 2.45) is 0 Å². The topological polar surface area (TPSA) is 82.8 Å². The van der Waals surface area contributed by atoms with Crippen LogP contribution in [0.15, 0.2) is 15.3 Å². The Bertz CT molecular complexity index is 570. The summed E-state index contributed by atoms with van der Waals surface area (Å²) >= 11 is 0. The number of esters is 2. The van der Waals surface area contributed by atoms with Gasteiger partial charge in [0.05, 0.1) is 18.3 Å². The fraction of sp³-hybridized carbons (Fsp3) is 0.533. The average molecular weight is 296 g/mol.